The van der Waals surface area contributed by atoms with Gasteiger partial charge in [-0.05, 0) is 43.6 Å². The quantitative estimate of drug-likeness (QED) is 0.786. The van der Waals surface area contributed by atoms with Crippen LogP contribution in [-0.4, -0.2) is 34.8 Å². The molecule has 1 aromatic heterocycles. The fourth-order valence-electron chi connectivity index (χ4n) is 3.46. The second kappa shape index (κ2) is 6.40. The molecule has 4 amide bonds. The average Bonchev–Trinajstić information content (AvgIpc) is 3.15. The zero-order valence-electron chi connectivity index (χ0n) is 15.1. The van der Waals surface area contributed by atoms with Crippen LogP contribution >= 0.6 is 11.3 Å². The summed E-state index contributed by atoms with van der Waals surface area (Å²) in [6.45, 7) is 4.89. The largest absolute Gasteiger partial charge is 0.336 e. The molecule has 2 heterocycles. The van der Waals surface area contributed by atoms with Crippen LogP contribution in [0.25, 0.3) is 0 Å². The highest BCUT2D eigenvalue weighted by Crippen LogP contribution is 2.42. The monoisotopic (exact) mass is 374 g/mol. The molecular weight excluding hydrogens is 352 g/mol. The van der Waals surface area contributed by atoms with Gasteiger partial charge in [-0.3, -0.25) is 14.5 Å². The van der Waals surface area contributed by atoms with Crippen molar-refractivity contribution in [2.24, 2.45) is 5.92 Å². The van der Waals surface area contributed by atoms with Crippen molar-refractivity contribution in [3.05, 3.63) is 21.9 Å². The van der Waals surface area contributed by atoms with E-state index in [9.17, 15) is 19.6 Å². The fourth-order valence-corrected chi connectivity index (χ4v) is 4.46. The van der Waals surface area contributed by atoms with E-state index in [1.54, 1.807) is 18.3 Å². The number of fused-ring (bicyclic) bond motifs is 2. The van der Waals surface area contributed by atoms with Gasteiger partial charge in [0.2, 0.25) is 5.91 Å². The van der Waals surface area contributed by atoms with Gasteiger partial charge in [0.1, 0.15) is 17.6 Å². The Labute approximate surface area is 156 Å². The lowest BCUT2D eigenvalue weighted by atomic mass is 9.80. The van der Waals surface area contributed by atoms with E-state index >= 15 is 0 Å². The third kappa shape index (κ3) is 2.76. The number of urea groups is 1. The molecule has 1 aromatic rings. The molecule has 8 heteroatoms. The van der Waals surface area contributed by atoms with Crippen molar-refractivity contribution < 1.29 is 14.4 Å². The maximum atomic E-state index is 13.1. The van der Waals surface area contributed by atoms with Crippen LogP contribution in [0.15, 0.2) is 11.4 Å². The third-order valence-electron chi connectivity index (χ3n) is 5.42. The number of rotatable bonds is 4. The number of aryl methyl sites for hydroxylation is 1. The number of nitrogens with zero attached hydrogens (tertiary/aromatic N) is 2. The maximum Gasteiger partial charge on any atom is 0.325 e. The van der Waals surface area contributed by atoms with Gasteiger partial charge in [0.05, 0.1) is 6.07 Å². The van der Waals surface area contributed by atoms with Gasteiger partial charge in [0, 0.05) is 10.4 Å². The SMILES string of the molecule is CC(C)[C@](C)(C#N)NC(=O)CN1C(=O)N[C@@]2(CCCc3sccc32)C1=O. The average molecular weight is 374 g/mol. The maximum absolute atomic E-state index is 13.1. The Hall–Kier alpha value is -2.40. The molecule has 0 unspecified atom stereocenters. The lowest BCUT2D eigenvalue weighted by Gasteiger charge is -2.31. The molecular formula is C18H22N4O3S. The van der Waals surface area contributed by atoms with Crippen molar-refractivity contribution in [2.75, 3.05) is 6.54 Å². The van der Waals surface area contributed by atoms with E-state index in [-0.39, 0.29) is 11.8 Å². The molecule has 0 saturated carbocycles. The fraction of sp³-hybridized carbons (Fsp3) is 0.556. The van der Waals surface area contributed by atoms with Crippen molar-refractivity contribution in [1.82, 2.24) is 15.5 Å². The number of thiophene rings is 1. The van der Waals surface area contributed by atoms with Crippen LogP contribution < -0.4 is 10.6 Å². The van der Waals surface area contributed by atoms with Gasteiger partial charge in [-0.1, -0.05) is 13.8 Å². The Kier molecular flexibility index (Phi) is 4.53. The van der Waals surface area contributed by atoms with E-state index in [2.05, 4.69) is 16.7 Å². The molecule has 2 aliphatic rings. The van der Waals surface area contributed by atoms with Crippen molar-refractivity contribution in [3.63, 3.8) is 0 Å². The molecule has 7 nitrogen and oxygen atoms in total. The van der Waals surface area contributed by atoms with Crippen LogP contribution in [0.1, 0.15) is 44.1 Å². The number of nitrogens with one attached hydrogen (secondary N) is 2. The Bertz CT molecular complexity index is 812. The third-order valence-corrected chi connectivity index (χ3v) is 6.41. The minimum atomic E-state index is -1.06. The summed E-state index contributed by atoms with van der Waals surface area (Å²) < 4.78 is 0. The normalized spacial score (nSPS) is 24.2. The number of amides is 4. The summed E-state index contributed by atoms with van der Waals surface area (Å²) in [6, 6.07) is 3.41. The van der Waals surface area contributed by atoms with E-state index in [0.717, 1.165) is 28.2 Å². The summed E-state index contributed by atoms with van der Waals surface area (Å²) in [5.74, 6) is -1.03. The molecule has 1 aliphatic carbocycles. The topological polar surface area (TPSA) is 102 Å². The summed E-state index contributed by atoms with van der Waals surface area (Å²) in [5, 5.41) is 16.7. The van der Waals surface area contributed by atoms with Crippen LogP contribution in [0, 0.1) is 17.2 Å². The molecule has 0 radical (unpaired) electrons. The Morgan fingerprint density at radius 3 is 2.92 bits per heavy atom. The van der Waals surface area contributed by atoms with Crippen LogP contribution in [0.3, 0.4) is 0 Å². The van der Waals surface area contributed by atoms with Crippen molar-refractivity contribution in [2.45, 2.75) is 51.1 Å². The van der Waals surface area contributed by atoms with Gasteiger partial charge in [0.25, 0.3) is 5.91 Å². The van der Waals surface area contributed by atoms with Gasteiger partial charge in [-0.25, -0.2) is 4.79 Å². The highest BCUT2D eigenvalue weighted by Gasteiger charge is 2.54. The highest BCUT2D eigenvalue weighted by atomic mass is 32.1. The molecule has 1 aliphatic heterocycles. The first-order valence-corrected chi connectivity index (χ1v) is 9.54. The first kappa shape index (κ1) is 18.4. The Morgan fingerprint density at radius 1 is 1.54 bits per heavy atom. The van der Waals surface area contributed by atoms with E-state index in [0.29, 0.717) is 6.42 Å². The summed E-state index contributed by atoms with van der Waals surface area (Å²) in [4.78, 5) is 40.0. The van der Waals surface area contributed by atoms with Crippen molar-refractivity contribution >= 4 is 29.2 Å². The molecule has 1 saturated heterocycles. The van der Waals surface area contributed by atoms with E-state index < -0.39 is 29.6 Å². The lowest BCUT2D eigenvalue weighted by Crippen LogP contribution is -2.53. The lowest BCUT2D eigenvalue weighted by molar-refractivity contribution is -0.136. The smallest absolute Gasteiger partial charge is 0.325 e. The molecule has 1 fully saturated rings. The molecule has 3 rings (SSSR count). The standard InChI is InChI=1S/C18H22N4O3S/c1-11(2)17(3,10-19)20-14(23)9-22-15(24)18(21-16(22)25)7-4-5-13-12(18)6-8-26-13/h6,8,11H,4-5,7,9H2,1-3H3,(H,20,23)(H,21,25)/t17-,18+/m0/s1. The second-order valence-electron chi connectivity index (χ2n) is 7.35. The number of carbonyl (C=O) groups is 3. The summed E-state index contributed by atoms with van der Waals surface area (Å²) >= 11 is 1.58. The number of carbonyl (C=O) groups excluding carboxylic acids is 3. The summed E-state index contributed by atoms with van der Waals surface area (Å²) in [6.07, 6.45) is 2.23. The molecule has 26 heavy (non-hydrogen) atoms. The molecule has 0 aromatic carbocycles. The number of hydrogen-bond donors (Lipinski definition) is 2. The predicted octanol–water partition coefficient (Wildman–Crippen LogP) is 1.89. The van der Waals surface area contributed by atoms with E-state index in [1.807, 2.05) is 25.3 Å². The minimum Gasteiger partial charge on any atom is -0.336 e. The first-order valence-electron chi connectivity index (χ1n) is 8.67. The van der Waals surface area contributed by atoms with Gasteiger partial charge >= 0.3 is 6.03 Å². The van der Waals surface area contributed by atoms with Gasteiger partial charge in [-0.15, -0.1) is 11.3 Å². The Morgan fingerprint density at radius 2 is 2.27 bits per heavy atom. The zero-order valence-corrected chi connectivity index (χ0v) is 15.9. The molecule has 2 atom stereocenters. The molecule has 2 N–H and O–H groups in total. The van der Waals surface area contributed by atoms with Gasteiger partial charge in [0.15, 0.2) is 0 Å². The van der Waals surface area contributed by atoms with Crippen molar-refractivity contribution in [1.29, 1.82) is 5.26 Å². The summed E-state index contributed by atoms with van der Waals surface area (Å²) in [5.41, 5.74) is -1.26. The first-order chi connectivity index (χ1) is 12.2. The second-order valence-corrected chi connectivity index (χ2v) is 8.36. The van der Waals surface area contributed by atoms with Crippen LogP contribution in [0.2, 0.25) is 0 Å². The predicted molar refractivity (Wildman–Crippen MR) is 96.2 cm³/mol. The zero-order chi connectivity index (χ0) is 19.1. The van der Waals surface area contributed by atoms with Crippen LogP contribution in [-0.2, 0) is 21.5 Å². The van der Waals surface area contributed by atoms with Crippen molar-refractivity contribution in [3.8, 4) is 6.07 Å². The number of nitriles is 1. The van der Waals surface area contributed by atoms with Gasteiger partial charge in [-0.2, -0.15) is 5.26 Å². The Balaban J connectivity index is 1.80. The van der Waals surface area contributed by atoms with Crippen LogP contribution in [0.4, 0.5) is 4.79 Å². The summed E-state index contributed by atoms with van der Waals surface area (Å²) in [7, 11) is 0. The number of imide groups is 1. The highest BCUT2D eigenvalue weighted by molar-refractivity contribution is 7.10. The van der Waals surface area contributed by atoms with Gasteiger partial charge < -0.3 is 10.6 Å². The van der Waals surface area contributed by atoms with Crippen LogP contribution in [0.5, 0.6) is 0 Å². The molecule has 138 valence electrons. The minimum absolute atomic E-state index is 0.113. The molecule has 0 bridgehead atoms. The van der Waals surface area contributed by atoms with E-state index in [4.69, 9.17) is 0 Å². The molecule has 1 spiro atoms. The van der Waals surface area contributed by atoms with E-state index in [1.165, 1.54) is 0 Å². The number of hydrogen-bond acceptors (Lipinski definition) is 5.